The summed E-state index contributed by atoms with van der Waals surface area (Å²) >= 11 is 0. The highest BCUT2D eigenvalue weighted by Crippen LogP contribution is 2.36. The molecule has 6 heteroatoms. The van der Waals surface area contributed by atoms with Gasteiger partial charge in [0.2, 0.25) is 5.95 Å². The van der Waals surface area contributed by atoms with Crippen LogP contribution in [0.2, 0.25) is 0 Å². The van der Waals surface area contributed by atoms with Crippen LogP contribution in [0.3, 0.4) is 0 Å². The quantitative estimate of drug-likeness (QED) is 0.638. The number of aryl methyl sites for hydroxylation is 1. The molecule has 0 aliphatic carbocycles. The van der Waals surface area contributed by atoms with Crippen LogP contribution in [0.1, 0.15) is 22.4 Å². The van der Waals surface area contributed by atoms with Gasteiger partial charge in [-0.15, -0.1) is 6.42 Å². The van der Waals surface area contributed by atoms with Crippen molar-refractivity contribution in [1.82, 2.24) is 9.97 Å². The van der Waals surface area contributed by atoms with Crippen molar-refractivity contribution in [3.63, 3.8) is 0 Å². The number of nitriles is 1. The van der Waals surface area contributed by atoms with Crippen LogP contribution in [-0.4, -0.2) is 16.5 Å². The van der Waals surface area contributed by atoms with E-state index in [1.807, 2.05) is 17.9 Å². The molecule has 0 saturated heterocycles. The standard InChI is InChI=1S/C24H18FN5/c1-3-4-5-17-8-11-22(21(25)14-17)30-13-12-20-16(2)27-24(29-23(20)30)28-19-9-6-18(15-26)7-10-19/h1,4-11,14H,12-13H2,2H3,(H,27,28,29)/b5-4+. The summed E-state index contributed by atoms with van der Waals surface area (Å²) in [5, 5.41) is 12.1. The van der Waals surface area contributed by atoms with E-state index in [0.717, 1.165) is 23.4 Å². The molecule has 146 valence electrons. The van der Waals surface area contributed by atoms with Crippen molar-refractivity contribution in [2.24, 2.45) is 0 Å². The second-order valence-corrected chi connectivity index (χ2v) is 6.86. The van der Waals surface area contributed by atoms with E-state index in [2.05, 4.69) is 27.3 Å². The van der Waals surface area contributed by atoms with Gasteiger partial charge in [0.1, 0.15) is 11.6 Å². The van der Waals surface area contributed by atoms with E-state index in [0.29, 0.717) is 35.1 Å². The molecule has 1 aliphatic heterocycles. The van der Waals surface area contributed by atoms with Crippen LogP contribution in [0.4, 0.5) is 27.5 Å². The van der Waals surface area contributed by atoms with Crippen LogP contribution in [-0.2, 0) is 6.42 Å². The lowest BCUT2D eigenvalue weighted by molar-refractivity contribution is 0.625. The zero-order valence-corrected chi connectivity index (χ0v) is 16.4. The maximum atomic E-state index is 14.8. The zero-order valence-electron chi connectivity index (χ0n) is 16.4. The van der Waals surface area contributed by atoms with Crippen LogP contribution < -0.4 is 10.2 Å². The minimum absolute atomic E-state index is 0.333. The summed E-state index contributed by atoms with van der Waals surface area (Å²) in [5.74, 6) is 3.20. The molecule has 1 N–H and O–H groups in total. The van der Waals surface area contributed by atoms with Crippen molar-refractivity contribution < 1.29 is 4.39 Å². The summed E-state index contributed by atoms with van der Waals surface area (Å²) in [6.07, 6.45) is 9.20. The zero-order chi connectivity index (χ0) is 21.1. The highest BCUT2D eigenvalue weighted by Gasteiger charge is 2.27. The second-order valence-electron chi connectivity index (χ2n) is 6.86. The van der Waals surface area contributed by atoms with Crippen molar-refractivity contribution in [3.8, 4) is 18.4 Å². The van der Waals surface area contributed by atoms with E-state index in [-0.39, 0.29) is 5.82 Å². The fourth-order valence-corrected chi connectivity index (χ4v) is 3.46. The van der Waals surface area contributed by atoms with E-state index in [4.69, 9.17) is 11.7 Å². The molecule has 0 bridgehead atoms. The number of hydrogen-bond acceptors (Lipinski definition) is 5. The Morgan fingerprint density at radius 2 is 2.00 bits per heavy atom. The van der Waals surface area contributed by atoms with E-state index >= 15 is 0 Å². The monoisotopic (exact) mass is 395 g/mol. The number of terminal acetylenes is 1. The number of rotatable bonds is 4. The Morgan fingerprint density at radius 3 is 2.70 bits per heavy atom. The van der Waals surface area contributed by atoms with Gasteiger partial charge in [0.25, 0.3) is 0 Å². The van der Waals surface area contributed by atoms with Gasteiger partial charge < -0.3 is 10.2 Å². The Hall–Kier alpha value is -4.16. The van der Waals surface area contributed by atoms with Crippen molar-refractivity contribution in [2.75, 3.05) is 16.8 Å². The van der Waals surface area contributed by atoms with Crippen molar-refractivity contribution in [2.45, 2.75) is 13.3 Å². The van der Waals surface area contributed by atoms with Gasteiger partial charge in [-0.25, -0.2) is 9.37 Å². The average molecular weight is 395 g/mol. The Bertz CT molecular complexity index is 1220. The highest BCUT2D eigenvalue weighted by atomic mass is 19.1. The molecule has 0 fully saturated rings. The number of anilines is 4. The molecule has 0 unspecified atom stereocenters. The number of halogens is 1. The molecular weight excluding hydrogens is 377 g/mol. The highest BCUT2D eigenvalue weighted by molar-refractivity contribution is 5.71. The molecule has 1 aromatic heterocycles. The first-order chi connectivity index (χ1) is 14.6. The summed E-state index contributed by atoms with van der Waals surface area (Å²) in [4.78, 5) is 11.1. The summed E-state index contributed by atoms with van der Waals surface area (Å²) in [6.45, 7) is 2.56. The minimum atomic E-state index is -0.333. The Balaban J connectivity index is 1.66. The molecule has 0 atom stereocenters. The molecule has 3 aromatic rings. The molecule has 0 saturated carbocycles. The van der Waals surface area contributed by atoms with Gasteiger partial charge in [0.05, 0.1) is 17.3 Å². The van der Waals surface area contributed by atoms with Gasteiger partial charge in [0.15, 0.2) is 0 Å². The van der Waals surface area contributed by atoms with Crippen LogP contribution >= 0.6 is 0 Å². The number of benzene rings is 2. The van der Waals surface area contributed by atoms with Crippen LogP contribution in [0, 0.1) is 36.4 Å². The predicted molar refractivity (Wildman–Crippen MR) is 116 cm³/mol. The minimum Gasteiger partial charge on any atom is -0.324 e. The number of aromatic nitrogens is 2. The smallest absolute Gasteiger partial charge is 0.229 e. The topological polar surface area (TPSA) is 64.8 Å². The lowest BCUT2D eigenvalue weighted by atomic mass is 10.1. The first-order valence-corrected chi connectivity index (χ1v) is 9.43. The number of allylic oxidation sites excluding steroid dienone is 1. The predicted octanol–water partition coefficient (Wildman–Crippen LogP) is 4.88. The Labute approximate surface area is 174 Å². The molecule has 4 rings (SSSR count). The van der Waals surface area contributed by atoms with Gasteiger partial charge in [-0.2, -0.15) is 10.2 Å². The van der Waals surface area contributed by atoms with E-state index in [9.17, 15) is 4.39 Å². The van der Waals surface area contributed by atoms with Crippen molar-refractivity contribution in [3.05, 3.63) is 76.7 Å². The number of fused-ring (bicyclic) bond motifs is 1. The molecule has 1 aliphatic rings. The number of nitrogens with one attached hydrogen (secondary N) is 1. The van der Waals surface area contributed by atoms with Crippen molar-refractivity contribution >= 4 is 29.2 Å². The van der Waals surface area contributed by atoms with Gasteiger partial charge in [-0.05, 0) is 67.5 Å². The molecule has 2 heterocycles. The van der Waals surface area contributed by atoms with Gasteiger partial charge >= 0.3 is 0 Å². The summed E-state index contributed by atoms with van der Waals surface area (Å²) < 4.78 is 14.8. The third kappa shape index (κ3) is 3.72. The van der Waals surface area contributed by atoms with Gasteiger partial charge in [0, 0.05) is 23.5 Å². The first-order valence-electron chi connectivity index (χ1n) is 9.43. The van der Waals surface area contributed by atoms with E-state index in [1.165, 1.54) is 12.1 Å². The lowest BCUT2D eigenvalue weighted by Gasteiger charge is -2.20. The fourth-order valence-electron chi connectivity index (χ4n) is 3.46. The van der Waals surface area contributed by atoms with Crippen LogP contribution in [0.5, 0.6) is 0 Å². The van der Waals surface area contributed by atoms with Gasteiger partial charge in [-0.3, -0.25) is 0 Å². The maximum Gasteiger partial charge on any atom is 0.229 e. The Morgan fingerprint density at radius 1 is 1.20 bits per heavy atom. The van der Waals surface area contributed by atoms with E-state index < -0.39 is 0 Å². The number of hydrogen-bond donors (Lipinski definition) is 1. The SMILES string of the molecule is C#C/C=C/c1ccc(N2CCc3c(C)nc(Nc4ccc(C#N)cc4)nc32)c(F)c1. The third-order valence-electron chi connectivity index (χ3n) is 4.94. The first kappa shape index (κ1) is 19.2. The molecule has 0 amide bonds. The average Bonchev–Trinajstić information content (AvgIpc) is 3.17. The normalized spacial score (nSPS) is 12.5. The summed E-state index contributed by atoms with van der Waals surface area (Å²) in [5.41, 5.74) is 4.39. The number of nitrogens with zero attached hydrogens (tertiary/aromatic N) is 4. The van der Waals surface area contributed by atoms with E-state index in [1.54, 1.807) is 36.4 Å². The molecule has 5 nitrogen and oxygen atoms in total. The maximum absolute atomic E-state index is 14.8. The van der Waals surface area contributed by atoms with Gasteiger partial charge in [-0.1, -0.05) is 12.0 Å². The summed E-state index contributed by atoms with van der Waals surface area (Å²) in [7, 11) is 0. The third-order valence-corrected chi connectivity index (χ3v) is 4.94. The van der Waals surface area contributed by atoms with Crippen LogP contribution in [0.15, 0.2) is 48.5 Å². The second kappa shape index (κ2) is 8.06. The molecule has 0 radical (unpaired) electrons. The Kier molecular flexibility index (Phi) is 5.15. The fraction of sp³-hybridized carbons (Fsp3) is 0.125. The molecule has 30 heavy (non-hydrogen) atoms. The largest absolute Gasteiger partial charge is 0.324 e. The van der Waals surface area contributed by atoms with Crippen molar-refractivity contribution in [1.29, 1.82) is 5.26 Å². The molecular formula is C24H18FN5. The lowest BCUT2D eigenvalue weighted by Crippen LogP contribution is -2.16. The summed E-state index contributed by atoms with van der Waals surface area (Å²) in [6, 6.07) is 14.2. The molecule has 0 spiro atoms. The molecule has 2 aromatic carbocycles. The van der Waals surface area contributed by atoms with Crippen LogP contribution in [0.25, 0.3) is 6.08 Å².